The number of fused-ring (bicyclic) bond motifs is 1. The molecule has 5 heteroatoms. The van der Waals surface area contributed by atoms with Gasteiger partial charge in [-0.3, -0.25) is 9.59 Å². The standard InChI is InChI=1S/C17H16N2O3/c1-11-2-4-12(5-3-11)17(21)18-9-8-16-19-14-7-6-13(20)10-15(14)22-16/h2-7H,8-10H2,1H3,(H,18,21). The molecule has 0 radical (unpaired) electrons. The second kappa shape index (κ2) is 5.97. The van der Waals surface area contributed by atoms with Crippen molar-refractivity contribution in [2.75, 3.05) is 6.54 Å². The molecule has 0 saturated carbocycles. The first-order valence-corrected chi connectivity index (χ1v) is 7.16. The number of carbonyl (C=O) groups is 2. The third-order valence-electron chi connectivity index (χ3n) is 3.47. The Balaban J connectivity index is 1.55. The van der Waals surface area contributed by atoms with Crippen LogP contribution in [0.1, 0.15) is 33.3 Å². The molecule has 2 aromatic rings. The minimum Gasteiger partial charge on any atom is -0.445 e. The zero-order valence-corrected chi connectivity index (χ0v) is 12.3. The highest BCUT2D eigenvalue weighted by Crippen LogP contribution is 2.18. The van der Waals surface area contributed by atoms with E-state index in [-0.39, 0.29) is 18.1 Å². The third-order valence-corrected chi connectivity index (χ3v) is 3.47. The Hall–Kier alpha value is -2.69. The number of benzene rings is 1. The number of oxazole rings is 1. The number of amides is 1. The van der Waals surface area contributed by atoms with Crippen molar-refractivity contribution < 1.29 is 14.0 Å². The van der Waals surface area contributed by atoms with Crippen LogP contribution in [-0.4, -0.2) is 23.2 Å². The summed E-state index contributed by atoms with van der Waals surface area (Å²) in [7, 11) is 0. The molecule has 0 spiro atoms. The molecule has 22 heavy (non-hydrogen) atoms. The number of nitrogens with zero attached hydrogens (tertiary/aromatic N) is 1. The number of rotatable bonds is 4. The van der Waals surface area contributed by atoms with Crippen LogP contribution in [0.5, 0.6) is 0 Å². The molecule has 0 aliphatic heterocycles. The van der Waals surface area contributed by atoms with E-state index in [2.05, 4.69) is 10.3 Å². The largest absolute Gasteiger partial charge is 0.445 e. The Labute approximate surface area is 128 Å². The number of hydrogen-bond acceptors (Lipinski definition) is 4. The fourth-order valence-corrected chi connectivity index (χ4v) is 2.26. The van der Waals surface area contributed by atoms with Gasteiger partial charge in [0.2, 0.25) is 0 Å². The van der Waals surface area contributed by atoms with Crippen LogP contribution in [0.4, 0.5) is 0 Å². The maximum Gasteiger partial charge on any atom is 0.251 e. The molecular formula is C17H16N2O3. The van der Waals surface area contributed by atoms with Crippen molar-refractivity contribution in [3.63, 3.8) is 0 Å². The van der Waals surface area contributed by atoms with E-state index in [1.165, 1.54) is 6.08 Å². The quantitative estimate of drug-likeness (QED) is 0.937. The van der Waals surface area contributed by atoms with Gasteiger partial charge in [-0.25, -0.2) is 4.98 Å². The summed E-state index contributed by atoms with van der Waals surface area (Å²) in [6.07, 6.45) is 3.92. The average Bonchev–Trinajstić information content (AvgIpc) is 2.89. The van der Waals surface area contributed by atoms with Gasteiger partial charge < -0.3 is 9.73 Å². The molecule has 3 rings (SSSR count). The summed E-state index contributed by atoms with van der Waals surface area (Å²) >= 11 is 0. The Bertz CT molecular complexity index is 742. The van der Waals surface area contributed by atoms with Gasteiger partial charge in [0.15, 0.2) is 11.7 Å². The topological polar surface area (TPSA) is 72.2 Å². The predicted octanol–water partition coefficient (Wildman–Crippen LogP) is 2.09. The van der Waals surface area contributed by atoms with Gasteiger partial charge in [0.25, 0.3) is 5.91 Å². The highest BCUT2D eigenvalue weighted by atomic mass is 16.4. The van der Waals surface area contributed by atoms with E-state index in [1.54, 1.807) is 18.2 Å². The minimum absolute atomic E-state index is 0.0165. The molecule has 1 aromatic heterocycles. The van der Waals surface area contributed by atoms with Gasteiger partial charge in [-0.15, -0.1) is 0 Å². The molecule has 1 amide bonds. The smallest absolute Gasteiger partial charge is 0.251 e. The summed E-state index contributed by atoms with van der Waals surface area (Å²) < 4.78 is 5.55. The van der Waals surface area contributed by atoms with E-state index in [0.29, 0.717) is 35.9 Å². The third kappa shape index (κ3) is 3.14. The molecule has 1 aromatic carbocycles. The highest BCUT2D eigenvalue weighted by molar-refractivity contribution is 5.97. The van der Waals surface area contributed by atoms with Crippen molar-refractivity contribution in [3.05, 3.63) is 58.8 Å². The van der Waals surface area contributed by atoms with E-state index < -0.39 is 0 Å². The summed E-state index contributed by atoms with van der Waals surface area (Å²) in [5.41, 5.74) is 2.45. The molecular weight excluding hydrogens is 280 g/mol. The molecule has 5 nitrogen and oxygen atoms in total. The maximum absolute atomic E-state index is 12.0. The van der Waals surface area contributed by atoms with Crippen molar-refractivity contribution in [3.8, 4) is 0 Å². The van der Waals surface area contributed by atoms with Crippen molar-refractivity contribution in [2.24, 2.45) is 0 Å². The lowest BCUT2D eigenvalue weighted by Crippen LogP contribution is -2.25. The highest BCUT2D eigenvalue weighted by Gasteiger charge is 2.17. The first-order chi connectivity index (χ1) is 10.6. The van der Waals surface area contributed by atoms with Crippen LogP contribution in [0.2, 0.25) is 0 Å². The fraction of sp³-hybridized carbons (Fsp3) is 0.235. The van der Waals surface area contributed by atoms with Gasteiger partial charge in [0.05, 0.1) is 6.42 Å². The molecule has 1 aliphatic rings. The predicted molar refractivity (Wildman–Crippen MR) is 81.5 cm³/mol. The Morgan fingerprint density at radius 3 is 2.82 bits per heavy atom. The minimum atomic E-state index is -0.119. The van der Waals surface area contributed by atoms with Crippen molar-refractivity contribution >= 4 is 17.8 Å². The lowest BCUT2D eigenvalue weighted by atomic mass is 10.1. The van der Waals surface area contributed by atoms with E-state index in [4.69, 9.17) is 4.42 Å². The second-order valence-corrected chi connectivity index (χ2v) is 5.26. The molecule has 1 N–H and O–H groups in total. The Morgan fingerprint density at radius 1 is 1.27 bits per heavy atom. The summed E-state index contributed by atoms with van der Waals surface area (Å²) in [5, 5.41) is 2.83. The van der Waals surface area contributed by atoms with Gasteiger partial charge in [0, 0.05) is 18.5 Å². The van der Waals surface area contributed by atoms with Gasteiger partial charge in [-0.2, -0.15) is 0 Å². The molecule has 1 aliphatic carbocycles. The lowest BCUT2D eigenvalue weighted by Gasteiger charge is -2.04. The molecule has 0 atom stereocenters. The number of hydrogen-bond donors (Lipinski definition) is 1. The Morgan fingerprint density at radius 2 is 2.05 bits per heavy atom. The number of aromatic nitrogens is 1. The molecule has 1 heterocycles. The molecule has 0 unspecified atom stereocenters. The number of allylic oxidation sites excluding steroid dienone is 1. The molecule has 0 fully saturated rings. The van der Waals surface area contributed by atoms with Gasteiger partial charge in [-0.1, -0.05) is 17.7 Å². The van der Waals surface area contributed by atoms with Crippen LogP contribution in [0, 0.1) is 6.92 Å². The Kier molecular flexibility index (Phi) is 3.87. The zero-order valence-electron chi connectivity index (χ0n) is 12.3. The molecule has 0 saturated heterocycles. The molecule has 0 bridgehead atoms. The monoisotopic (exact) mass is 296 g/mol. The van der Waals surface area contributed by atoms with Crippen LogP contribution in [0.25, 0.3) is 6.08 Å². The summed E-state index contributed by atoms with van der Waals surface area (Å²) in [4.78, 5) is 27.6. The SMILES string of the molecule is Cc1ccc(C(=O)NCCc2nc3c(o2)CC(=O)C=C3)cc1. The summed E-state index contributed by atoms with van der Waals surface area (Å²) in [6.45, 7) is 2.41. The maximum atomic E-state index is 12.0. The summed E-state index contributed by atoms with van der Waals surface area (Å²) in [5.74, 6) is 1.04. The first-order valence-electron chi connectivity index (χ1n) is 7.16. The van der Waals surface area contributed by atoms with Crippen molar-refractivity contribution in [1.29, 1.82) is 0 Å². The van der Waals surface area contributed by atoms with Crippen molar-refractivity contribution in [1.82, 2.24) is 10.3 Å². The van der Waals surface area contributed by atoms with Crippen LogP contribution >= 0.6 is 0 Å². The van der Waals surface area contributed by atoms with Crippen LogP contribution in [0.15, 0.2) is 34.8 Å². The van der Waals surface area contributed by atoms with E-state index >= 15 is 0 Å². The average molecular weight is 296 g/mol. The van der Waals surface area contributed by atoms with Crippen LogP contribution < -0.4 is 5.32 Å². The van der Waals surface area contributed by atoms with E-state index in [9.17, 15) is 9.59 Å². The lowest BCUT2D eigenvalue weighted by molar-refractivity contribution is -0.114. The second-order valence-electron chi connectivity index (χ2n) is 5.26. The van der Waals surface area contributed by atoms with Gasteiger partial charge in [0.1, 0.15) is 11.5 Å². The number of carbonyl (C=O) groups excluding carboxylic acids is 2. The zero-order chi connectivity index (χ0) is 15.5. The van der Waals surface area contributed by atoms with Crippen LogP contribution in [0.3, 0.4) is 0 Å². The number of ketones is 1. The van der Waals surface area contributed by atoms with Crippen LogP contribution in [-0.2, 0) is 17.6 Å². The summed E-state index contributed by atoms with van der Waals surface area (Å²) in [6, 6.07) is 7.40. The number of nitrogens with one attached hydrogen (secondary N) is 1. The first kappa shape index (κ1) is 14.3. The van der Waals surface area contributed by atoms with Crippen molar-refractivity contribution in [2.45, 2.75) is 19.8 Å². The van der Waals surface area contributed by atoms with E-state index in [1.807, 2.05) is 19.1 Å². The fourth-order valence-electron chi connectivity index (χ4n) is 2.26. The van der Waals surface area contributed by atoms with Gasteiger partial charge in [-0.05, 0) is 31.2 Å². The normalized spacial score (nSPS) is 13.0. The van der Waals surface area contributed by atoms with E-state index in [0.717, 1.165) is 5.56 Å². The molecule has 112 valence electrons. The van der Waals surface area contributed by atoms with Gasteiger partial charge >= 0.3 is 0 Å². The number of aryl methyl sites for hydroxylation is 1.